The van der Waals surface area contributed by atoms with E-state index in [-0.39, 0.29) is 12.5 Å². The predicted octanol–water partition coefficient (Wildman–Crippen LogP) is 1.03. The number of hydrogen-bond donors (Lipinski definition) is 1. The number of carbonyl (C=O) groups excluding carboxylic acids is 1. The summed E-state index contributed by atoms with van der Waals surface area (Å²) in [6, 6.07) is 1.91. The van der Waals surface area contributed by atoms with E-state index in [1.54, 1.807) is 18.3 Å². The average molecular weight is 316 g/mol. The largest absolute Gasteiger partial charge is 0.338 e. The van der Waals surface area contributed by atoms with Crippen LogP contribution in [0.15, 0.2) is 22.3 Å². The Labute approximate surface area is 129 Å². The molecule has 0 aliphatic carbocycles. The van der Waals surface area contributed by atoms with Crippen LogP contribution in [0.2, 0.25) is 0 Å². The summed E-state index contributed by atoms with van der Waals surface area (Å²) in [5, 5.41) is 5.81. The van der Waals surface area contributed by atoms with Crippen LogP contribution in [-0.4, -0.2) is 37.5 Å². The molecule has 0 radical (unpaired) electrons. The van der Waals surface area contributed by atoms with Gasteiger partial charge >= 0.3 is 0 Å². The lowest BCUT2D eigenvalue weighted by atomic mass is 10.3. The number of fused-ring (bicyclic) bond motifs is 3. The zero-order valence-electron chi connectivity index (χ0n) is 11.7. The van der Waals surface area contributed by atoms with E-state index in [0.717, 1.165) is 11.4 Å². The Morgan fingerprint density at radius 1 is 1.50 bits per heavy atom. The zero-order chi connectivity index (χ0) is 15.3. The molecule has 4 rings (SSSR count). The smallest absolute Gasteiger partial charge is 0.266 e. The molecule has 3 aromatic rings. The molecule has 0 aromatic carbocycles. The third-order valence-corrected chi connectivity index (χ3v) is 4.44. The van der Waals surface area contributed by atoms with E-state index in [4.69, 9.17) is 10.3 Å². The average Bonchev–Trinajstić information content (AvgIpc) is 3.23. The molecule has 1 amide bonds. The summed E-state index contributed by atoms with van der Waals surface area (Å²) < 4.78 is 6.95. The molecule has 0 fully saturated rings. The van der Waals surface area contributed by atoms with E-state index in [1.165, 1.54) is 11.3 Å². The molecule has 0 atom stereocenters. The van der Waals surface area contributed by atoms with Crippen LogP contribution < -0.4 is 5.73 Å². The first-order valence-electron chi connectivity index (χ1n) is 6.61. The van der Waals surface area contributed by atoms with Gasteiger partial charge in [0.25, 0.3) is 5.91 Å². The third kappa shape index (κ3) is 1.79. The first kappa shape index (κ1) is 13.2. The van der Waals surface area contributed by atoms with Gasteiger partial charge in [0, 0.05) is 7.05 Å². The summed E-state index contributed by atoms with van der Waals surface area (Å²) >= 11 is 1.42. The first-order valence-corrected chi connectivity index (χ1v) is 7.49. The zero-order valence-corrected chi connectivity index (χ0v) is 12.5. The summed E-state index contributed by atoms with van der Waals surface area (Å²) in [7, 11) is 1.76. The van der Waals surface area contributed by atoms with Gasteiger partial charge in [-0.05, 0) is 11.4 Å². The van der Waals surface area contributed by atoms with Crippen LogP contribution in [0.1, 0.15) is 21.3 Å². The minimum absolute atomic E-state index is 0.00425. The van der Waals surface area contributed by atoms with Gasteiger partial charge in [-0.1, -0.05) is 5.16 Å². The van der Waals surface area contributed by atoms with Gasteiger partial charge in [0.1, 0.15) is 16.9 Å². The van der Waals surface area contributed by atoms with Crippen molar-refractivity contribution in [2.75, 3.05) is 7.05 Å². The number of nitrogens with two attached hydrogens (primary N) is 1. The number of imidazole rings is 1. The molecule has 0 saturated carbocycles. The molecule has 0 saturated heterocycles. The second kappa shape index (κ2) is 4.75. The lowest BCUT2D eigenvalue weighted by Crippen LogP contribution is -2.24. The number of amides is 1. The van der Waals surface area contributed by atoms with Crippen LogP contribution >= 0.6 is 11.3 Å². The van der Waals surface area contributed by atoms with Gasteiger partial charge < -0.3 is 15.2 Å². The topological polar surface area (TPSA) is 103 Å². The number of nitrogens with zero attached hydrogens (tertiary/aromatic N) is 5. The third-order valence-electron chi connectivity index (χ3n) is 3.55. The monoisotopic (exact) mass is 316 g/mol. The Bertz CT molecular complexity index is 864. The van der Waals surface area contributed by atoms with Crippen molar-refractivity contribution >= 4 is 17.2 Å². The molecule has 2 N–H and O–H groups in total. The van der Waals surface area contributed by atoms with Gasteiger partial charge in [-0.3, -0.25) is 9.36 Å². The standard InChI is InChI=1S/C13H12N6O2S/c1-18-5-8-10(12-16-9(4-14)21-17-12)15-6-19(8)7-2-3-22-11(7)13(18)20/h2-3,6H,4-5,14H2,1H3. The Balaban J connectivity index is 1.90. The molecule has 22 heavy (non-hydrogen) atoms. The number of carbonyl (C=O) groups is 1. The van der Waals surface area contributed by atoms with Gasteiger partial charge in [0.05, 0.1) is 24.5 Å². The summed E-state index contributed by atoms with van der Waals surface area (Å²) in [6.07, 6.45) is 1.68. The minimum Gasteiger partial charge on any atom is -0.338 e. The maximum atomic E-state index is 12.4. The van der Waals surface area contributed by atoms with Gasteiger partial charge in [0.15, 0.2) is 0 Å². The van der Waals surface area contributed by atoms with Crippen LogP contribution in [0.5, 0.6) is 0 Å². The fourth-order valence-electron chi connectivity index (χ4n) is 2.48. The normalized spacial score (nSPS) is 13.9. The van der Waals surface area contributed by atoms with Crippen molar-refractivity contribution in [1.29, 1.82) is 0 Å². The van der Waals surface area contributed by atoms with E-state index >= 15 is 0 Å². The summed E-state index contributed by atoms with van der Waals surface area (Å²) in [5.41, 5.74) is 7.77. The fraction of sp³-hybridized carbons (Fsp3) is 0.231. The Morgan fingerprint density at radius 2 is 2.36 bits per heavy atom. The van der Waals surface area contributed by atoms with Crippen molar-refractivity contribution in [3.05, 3.63) is 34.2 Å². The van der Waals surface area contributed by atoms with E-state index in [0.29, 0.717) is 28.8 Å². The van der Waals surface area contributed by atoms with Gasteiger partial charge in [-0.25, -0.2) is 4.98 Å². The summed E-state index contributed by atoms with van der Waals surface area (Å²) in [6.45, 7) is 0.595. The van der Waals surface area contributed by atoms with Crippen molar-refractivity contribution in [1.82, 2.24) is 24.6 Å². The molecule has 9 heteroatoms. The molecule has 1 aliphatic heterocycles. The number of aromatic nitrogens is 4. The second-order valence-corrected chi connectivity index (χ2v) is 5.84. The van der Waals surface area contributed by atoms with Crippen molar-refractivity contribution in [3.8, 4) is 17.2 Å². The lowest BCUT2D eigenvalue weighted by Gasteiger charge is -2.13. The molecule has 3 aromatic heterocycles. The maximum absolute atomic E-state index is 12.4. The Hall–Kier alpha value is -2.52. The molecule has 112 valence electrons. The minimum atomic E-state index is -0.00425. The molecule has 1 aliphatic rings. The highest BCUT2D eigenvalue weighted by Gasteiger charge is 2.28. The van der Waals surface area contributed by atoms with E-state index in [1.807, 2.05) is 16.0 Å². The predicted molar refractivity (Wildman–Crippen MR) is 78.4 cm³/mol. The Morgan fingerprint density at radius 3 is 3.14 bits per heavy atom. The van der Waals surface area contributed by atoms with Gasteiger partial charge in [-0.15, -0.1) is 11.3 Å². The highest BCUT2D eigenvalue weighted by Crippen LogP contribution is 2.31. The SMILES string of the molecule is CN1Cc2c(-c3noc(CN)n3)ncn2-c2ccsc2C1=O. The molecule has 8 nitrogen and oxygen atoms in total. The Kier molecular flexibility index (Phi) is 2.84. The molecule has 0 unspecified atom stereocenters. The van der Waals surface area contributed by atoms with Crippen molar-refractivity contribution < 1.29 is 9.32 Å². The van der Waals surface area contributed by atoms with Crippen molar-refractivity contribution in [2.45, 2.75) is 13.1 Å². The number of hydrogen-bond acceptors (Lipinski definition) is 7. The van der Waals surface area contributed by atoms with Crippen LogP contribution in [0, 0.1) is 0 Å². The summed E-state index contributed by atoms with van der Waals surface area (Å²) in [5.74, 6) is 0.732. The van der Waals surface area contributed by atoms with Crippen molar-refractivity contribution in [3.63, 3.8) is 0 Å². The van der Waals surface area contributed by atoms with E-state index < -0.39 is 0 Å². The second-order valence-electron chi connectivity index (χ2n) is 4.92. The quantitative estimate of drug-likeness (QED) is 0.757. The van der Waals surface area contributed by atoms with Gasteiger partial charge in [0.2, 0.25) is 11.7 Å². The van der Waals surface area contributed by atoms with Crippen LogP contribution in [0.3, 0.4) is 0 Å². The van der Waals surface area contributed by atoms with Gasteiger partial charge in [-0.2, -0.15) is 4.98 Å². The molecular weight excluding hydrogens is 304 g/mol. The summed E-state index contributed by atoms with van der Waals surface area (Å²) in [4.78, 5) is 23.4. The van der Waals surface area contributed by atoms with E-state index in [9.17, 15) is 4.79 Å². The van der Waals surface area contributed by atoms with Crippen LogP contribution in [-0.2, 0) is 13.1 Å². The van der Waals surface area contributed by atoms with Crippen LogP contribution in [0.4, 0.5) is 0 Å². The van der Waals surface area contributed by atoms with Crippen molar-refractivity contribution in [2.24, 2.45) is 5.73 Å². The highest BCUT2D eigenvalue weighted by atomic mass is 32.1. The number of rotatable bonds is 2. The fourth-order valence-corrected chi connectivity index (χ4v) is 3.35. The maximum Gasteiger partial charge on any atom is 0.266 e. The molecule has 0 spiro atoms. The molecule has 4 heterocycles. The lowest BCUT2D eigenvalue weighted by molar-refractivity contribution is 0.0792. The molecule has 0 bridgehead atoms. The first-order chi connectivity index (χ1) is 10.7. The number of thiophene rings is 1. The van der Waals surface area contributed by atoms with Crippen LogP contribution in [0.25, 0.3) is 17.2 Å². The molecular formula is C13H12N6O2S. The highest BCUT2D eigenvalue weighted by molar-refractivity contribution is 7.12. The van der Waals surface area contributed by atoms with E-state index in [2.05, 4.69) is 15.1 Å².